The van der Waals surface area contributed by atoms with Crippen molar-refractivity contribution in [1.29, 1.82) is 0 Å². The number of aromatic hydroxyl groups is 1. The minimum absolute atomic E-state index is 0.0868. The van der Waals surface area contributed by atoms with Crippen LogP contribution in [0.15, 0.2) is 97.7 Å². The highest BCUT2D eigenvalue weighted by Crippen LogP contribution is 2.28. The molecule has 46 nitrogen and oxygen atoms in total. The molecule has 0 radical (unpaired) electrons. The van der Waals surface area contributed by atoms with Gasteiger partial charge < -0.3 is 136 Å². The minimum Gasteiger partial charge on any atom is -0.508 e. The fourth-order valence-corrected chi connectivity index (χ4v) is 17.0. The number of rotatable bonds is 25. The molecule has 724 valence electrons. The number of aromatic nitrogens is 4. The van der Waals surface area contributed by atoms with Crippen molar-refractivity contribution < 1.29 is 112 Å². The van der Waals surface area contributed by atoms with Crippen molar-refractivity contribution in [2.75, 3.05) is 65.4 Å². The highest BCUT2D eigenvalue weighted by Gasteiger charge is 2.47. The maximum Gasteiger partial charge on any atom is 0.303 e. The Hall–Kier alpha value is -14.1. The van der Waals surface area contributed by atoms with Crippen LogP contribution >= 0.6 is 11.8 Å². The lowest BCUT2D eigenvalue weighted by atomic mass is 10.00. The average Bonchev–Trinajstić information content (AvgIpc) is 1.66. The predicted octanol–water partition coefficient (Wildman–Crippen LogP) is -5.38. The molecule has 3 aromatic carbocycles. The number of phenolic OH excluding ortho intramolecular Hbond substituents is 1. The van der Waals surface area contributed by atoms with Gasteiger partial charge in [0.15, 0.2) is 0 Å². The molecular weight excluding hydrogens is 1770 g/mol. The van der Waals surface area contributed by atoms with Crippen LogP contribution in [0.4, 0.5) is 0 Å². The number of nitrogens with two attached hydrogens (primary N) is 4. The minimum atomic E-state index is -1.87. The summed E-state index contributed by atoms with van der Waals surface area (Å²) in [5, 5.41) is 68.6. The number of phenols is 1. The second-order valence-electron chi connectivity index (χ2n) is 33.2. The fourth-order valence-electron chi connectivity index (χ4n) is 16.2. The number of amides is 17. The quantitative estimate of drug-likeness (QED) is 0.0254. The van der Waals surface area contributed by atoms with Crippen LogP contribution in [0.25, 0.3) is 21.8 Å². The Kier molecular flexibility index (Phi) is 37.8. The highest BCUT2D eigenvalue weighted by atomic mass is 32.2. The predicted molar refractivity (Wildman–Crippen MR) is 481 cm³/mol. The topological polar surface area (TPSA) is 706 Å². The lowest BCUT2D eigenvalue weighted by Gasteiger charge is -2.36. The molecule has 25 N–H and O–H groups in total. The molecule has 15 atom stereocenters. The van der Waals surface area contributed by atoms with Crippen molar-refractivity contribution in [2.24, 2.45) is 22.9 Å². The molecule has 6 aromatic rings. The first-order valence-electron chi connectivity index (χ1n) is 43.7. The molecule has 0 bridgehead atoms. The van der Waals surface area contributed by atoms with Crippen LogP contribution in [0.1, 0.15) is 113 Å². The molecule has 47 heteroatoms. The molecule has 0 spiro atoms. The molecule has 17 amide bonds. The molecule has 134 heavy (non-hydrogen) atoms. The molecule has 9 rings (SSSR count). The molecule has 3 aliphatic rings. The number of fused-ring (bicyclic) bond motifs is 4. The zero-order valence-electron chi connectivity index (χ0n) is 74.6. The molecule has 3 aliphatic heterocycles. The van der Waals surface area contributed by atoms with Crippen LogP contribution in [-0.2, 0) is 117 Å². The van der Waals surface area contributed by atoms with E-state index in [4.69, 9.17) is 22.9 Å². The van der Waals surface area contributed by atoms with Crippen LogP contribution in [0.3, 0.4) is 0 Å². The zero-order valence-corrected chi connectivity index (χ0v) is 75.4. The summed E-state index contributed by atoms with van der Waals surface area (Å²) < 4.78 is 0. The summed E-state index contributed by atoms with van der Waals surface area (Å²) in [4.78, 5) is 291. The van der Waals surface area contributed by atoms with Crippen molar-refractivity contribution >= 4 is 146 Å². The van der Waals surface area contributed by atoms with Gasteiger partial charge in [0, 0.05) is 132 Å². The second kappa shape index (κ2) is 48.9. The first-order valence-corrected chi connectivity index (χ1v) is 44.9. The number of unbranched alkanes of at least 4 members (excludes halogenated alkanes) is 1. The highest BCUT2D eigenvalue weighted by molar-refractivity contribution is 8.00. The van der Waals surface area contributed by atoms with Crippen LogP contribution < -0.4 is 76.1 Å². The summed E-state index contributed by atoms with van der Waals surface area (Å²) in [7, 11) is 3.54. The zero-order chi connectivity index (χ0) is 97.9. The number of para-hydroxylation sites is 2. The standard InChI is InChI=1S/C87H117N23O23S/c1-6-7-17-65-80(126)104-63(36-89)79(125)105-64(75(121)95-40-70(91)114)42-134-43-71(115)97-60(30-46-19-21-50(111)22-20-46)83(129)106(3)45(2)74(120)102-62(35-69(90)113)86(132)109-29-12-18-66(109)81(127)101-59(33-49-39-92-44-96-49)78(124)99-57(23-25-72(116)117)85(131)110-41-51(112)34-68(110)82(128)100-58(31-47-37-93-54-15-10-8-13-52(47)54)77(123)98-56(27-28-88)76(122)103-61(32-48-38-94-55-16-11-9-14-53(48)55)84(130)108(5)67(24-26-73(118)119)87(133)107(65)4/h8-11,13-16,19-22,37-39,44-45,51,56-68,93-94,111-112H,6-7,12,17-18,23-36,40-43,88-89H2,1-5H3,(H2,90,113)(H2,91,114)(H,92,96)(H,95,121)(H,97,115)(H,98,123)(H,99,124)(H,100,128)(H,101,127)(H,102,120)(H,103,122)(H,104,126)(H,105,125)(H,116,117)(H,118,119)/t45-,51+,56-,57-,58-,59-,60-,61-,62+,63-,64-,65-,66-,67-,68-/m0/s1. The molecule has 3 aromatic heterocycles. The van der Waals surface area contributed by atoms with Gasteiger partial charge in [0.2, 0.25) is 100 Å². The van der Waals surface area contributed by atoms with Gasteiger partial charge in [0.1, 0.15) is 90.3 Å². The van der Waals surface area contributed by atoms with Crippen molar-refractivity contribution in [3.05, 3.63) is 120 Å². The average molecular weight is 1890 g/mol. The summed E-state index contributed by atoms with van der Waals surface area (Å²) in [5.41, 5.74) is 26.0. The van der Waals surface area contributed by atoms with E-state index in [2.05, 4.69) is 73.1 Å². The smallest absolute Gasteiger partial charge is 0.303 e. The number of carbonyl (C=O) groups is 19. The summed E-state index contributed by atoms with van der Waals surface area (Å²) in [6.07, 6.45) is -1.23. The number of H-pyrrole nitrogens is 3. The van der Waals surface area contributed by atoms with Gasteiger partial charge in [-0.2, -0.15) is 0 Å². The van der Waals surface area contributed by atoms with Crippen molar-refractivity contribution in [3.63, 3.8) is 0 Å². The number of aliphatic carboxylic acids is 2. The van der Waals surface area contributed by atoms with Crippen LogP contribution in [0.5, 0.6) is 5.75 Å². The third kappa shape index (κ3) is 28.2. The number of carboxylic acids is 2. The number of aliphatic hydroxyl groups excluding tert-OH is 1. The normalized spacial score (nSPS) is 24.8. The van der Waals surface area contributed by atoms with Crippen molar-refractivity contribution in [1.82, 2.24) is 97.6 Å². The van der Waals surface area contributed by atoms with Crippen LogP contribution in [0.2, 0.25) is 0 Å². The van der Waals surface area contributed by atoms with Gasteiger partial charge in [0.25, 0.3) is 0 Å². The maximum absolute atomic E-state index is 15.7. The lowest BCUT2D eigenvalue weighted by Crippen LogP contribution is -2.62. The van der Waals surface area contributed by atoms with E-state index in [1.165, 1.54) is 64.9 Å². The number of nitrogens with zero attached hydrogens (tertiary/aromatic N) is 6. The molecular formula is C87H117N23O23S. The van der Waals surface area contributed by atoms with E-state index >= 15 is 33.6 Å². The number of hydrogen-bond donors (Lipinski definition) is 21. The number of carboxylic acid groups (broad SMARTS) is 2. The summed E-state index contributed by atoms with van der Waals surface area (Å²) >= 11 is 0.713. The van der Waals surface area contributed by atoms with Gasteiger partial charge in [0.05, 0.1) is 36.8 Å². The fraction of sp³-hybridized carbons (Fsp3) is 0.494. The molecule has 6 heterocycles. The first kappa shape index (κ1) is 104. The van der Waals surface area contributed by atoms with E-state index in [0.717, 1.165) is 24.5 Å². The third-order valence-electron chi connectivity index (χ3n) is 23.6. The van der Waals surface area contributed by atoms with Crippen LogP contribution in [0, 0.1) is 0 Å². The molecule has 0 aliphatic carbocycles. The number of aromatic amines is 3. The lowest BCUT2D eigenvalue weighted by molar-refractivity contribution is -0.150. The van der Waals surface area contributed by atoms with Crippen LogP contribution in [-0.4, -0.2) is 333 Å². The number of primary amides is 2. The number of imidazole rings is 1. The molecule has 3 saturated heterocycles. The van der Waals surface area contributed by atoms with E-state index < -0.39 is 279 Å². The first-order chi connectivity index (χ1) is 63.8. The van der Waals surface area contributed by atoms with Gasteiger partial charge >= 0.3 is 11.9 Å². The number of benzene rings is 3. The van der Waals surface area contributed by atoms with Crippen molar-refractivity contribution in [2.45, 2.75) is 207 Å². The van der Waals surface area contributed by atoms with Crippen molar-refractivity contribution in [3.8, 4) is 5.75 Å². The number of aliphatic hydroxyl groups is 1. The Labute approximate surface area is 772 Å². The summed E-state index contributed by atoms with van der Waals surface area (Å²) in [6.45, 7) is 0.459. The number of hydrogen-bond acceptors (Lipinski definition) is 25. The van der Waals surface area contributed by atoms with E-state index in [9.17, 15) is 78.0 Å². The number of carbonyl (C=O) groups excluding carboxylic acids is 17. The SMILES string of the molecule is CCCC[C@H]1C(=O)N[C@@H](CN)C(=O)N[C@H](C(=O)NCC(N)=O)CSCC(=O)N[C@@H](Cc2ccc(O)cc2)C(=O)N(C)[C@@H](C)C(=O)N[C@H](CC(N)=O)C(=O)N2CCC[C@H]2C(=O)N[C@@H](Cc2c[nH]cn2)C(=O)N[C@@H](CCC(=O)O)C(=O)N2C[C@H](O)C[C@H]2C(=O)N[C@@H](Cc2c[nH]c3ccccc23)C(=O)N[C@@H](CCN)C(=O)N[C@@H](Cc2c[nH]c3ccccc23)C(=O)N(C)[C@@H](CCC(=O)O)C(=O)N1C. The summed E-state index contributed by atoms with van der Waals surface area (Å²) in [5.74, 6) is -21.8. The number of likely N-dealkylation sites (N-methyl/N-ethyl adjacent to an activating group) is 3. The Morgan fingerprint density at radius 1 is 0.530 bits per heavy atom. The van der Waals surface area contributed by atoms with E-state index in [0.29, 0.717) is 56.7 Å². The van der Waals surface area contributed by atoms with Gasteiger partial charge in [-0.3, -0.25) is 91.1 Å². The second-order valence-corrected chi connectivity index (χ2v) is 34.2. The molecule has 0 saturated carbocycles. The largest absolute Gasteiger partial charge is 0.508 e. The Morgan fingerprint density at radius 2 is 1.07 bits per heavy atom. The van der Waals surface area contributed by atoms with Gasteiger partial charge in [-0.15, -0.1) is 11.8 Å². The van der Waals surface area contributed by atoms with Gasteiger partial charge in [-0.25, -0.2) is 4.98 Å². The van der Waals surface area contributed by atoms with E-state index in [-0.39, 0.29) is 75.9 Å². The van der Waals surface area contributed by atoms with Gasteiger partial charge in [-0.05, 0) is 92.9 Å². The van der Waals surface area contributed by atoms with E-state index in [1.54, 1.807) is 67.8 Å². The molecule has 3 fully saturated rings. The van der Waals surface area contributed by atoms with Gasteiger partial charge in [-0.1, -0.05) is 68.3 Å². The maximum atomic E-state index is 15.7. The third-order valence-corrected chi connectivity index (χ3v) is 24.6. The molecule has 0 unspecified atom stereocenters. The Balaban J connectivity index is 1.10. The number of nitrogens with one attached hydrogen (secondary N) is 13. The summed E-state index contributed by atoms with van der Waals surface area (Å²) in [6, 6.07) is -4.25. The number of thioether (sulfide) groups is 1. The Bertz CT molecular complexity index is 5270. The Morgan fingerprint density at radius 3 is 1.66 bits per heavy atom. The van der Waals surface area contributed by atoms with E-state index in [1.807, 2.05) is 0 Å². The monoisotopic (exact) mass is 1880 g/mol.